The Balaban J connectivity index is 1.32. The molecule has 1 aliphatic heterocycles. The van der Waals surface area contributed by atoms with E-state index in [1.165, 1.54) is 0 Å². The zero-order valence-corrected chi connectivity index (χ0v) is 23.3. The Hall–Kier alpha value is -3.69. The number of hydrogen-bond donors (Lipinski definition) is 2. The van der Waals surface area contributed by atoms with E-state index < -0.39 is 12.1 Å². The molecule has 10 heteroatoms. The number of aromatic nitrogens is 3. The summed E-state index contributed by atoms with van der Waals surface area (Å²) in [4.78, 5) is 36.4. The van der Waals surface area contributed by atoms with E-state index in [4.69, 9.17) is 21.3 Å². The predicted molar refractivity (Wildman–Crippen MR) is 155 cm³/mol. The largest absolute Gasteiger partial charge is 0.465 e. The van der Waals surface area contributed by atoms with Crippen LogP contribution in [-0.2, 0) is 22.5 Å². The molecule has 4 aromatic rings. The van der Waals surface area contributed by atoms with E-state index in [1.807, 2.05) is 47.4 Å². The van der Waals surface area contributed by atoms with E-state index in [0.717, 1.165) is 52.6 Å². The van der Waals surface area contributed by atoms with Crippen LogP contribution in [0.2, 0.25) is 5.15 Å². The number of piperidine rings is 1. The van der Waals surface area contributed by atoms with Gasteiger partial charge in [-0.25, -0.2) is 14.8 Å². The van der Waals surface area contributed by atoms with E-state index >= 15 is 0 Å². The van der Waals surface area contributed by atoms with Gasteiger partial charge in [0.1, 0.15) is 16.5 Å². The summed E-state index contributed by atoms with van der Waals surface area (Å²) in [6.07, 6.45) is 1.93. The second kappa shape index (κ2) is 12.7. The first-order valence-electron chi connectivity index (χ1n) is 13.7. The Kier molecular flexibility index (Phi) is 8.81. The third kappa shape index (κ3) is 6.54. The van der Waals surface area contributed by atoms with Crippen LogP contribution in [0, 0.1) is 0 Å². The van der Waals surface area contributed by atoms with Crippen molar-refractivity contribution in [1.82, 2.24) is 24.8 Å². The van der Waals surface area contributed by atoms with Crippen LogP contribution >= 0.6 is 11.6 Å². The number of halogens is 1. The number of benzene rings is 2. The molecule has 2 aromatic carbocycles. The number of rotatable bonds is 10. The Morgan fingerprint density at radius 1 is 1.15 bits per heavy atom. The van der Waals surface area contributed by atoms with Gasteiger partial charge in [0.15, 0.2) is 5.65 Å². The van der Waals surface area contributed by atoms with Gasteiger partial charge in [-0.05, 0) is 54.2 Å². The number of fused-ring (bicyclic) bond motifs is 2. The molecule has 2 amide bonds. The second-order valence-electron chi connectivity index (χ2n) is 10.4. The molecule has 1 aliphatic rings. The van der Waals surface area contributed by atoms with Gasteiger partial charge in [-0.3, -0.25) is 4.79 Å². The molecular formula is C30H34ClN5O4. The Bertz CT molecular complexity index is 1510. The van der Waals surface area contributed by atoms with E-state index in [0.29, 0.717) is 37.8 Å². The van der Waals surface area contributed by atoms with Crippen molar-refractivity contribution in [2.24, 2.45) is 0 Å². The molecule has 210 valence electrons. The quantitative estimate of drug-likeness (QED) is 0.201. The molecule has 2 N–H and O–H groups in total. The van der Waals surface area contributed by atoms with Crippen molar-refractivity contribution in [3.8, 4) is 0 Å². The fourth-order valence-corrected chi connectivity index (χ4v) is 5.79. The van der Waals surface area contributed by atoms with Gasteiger partial charge in [0, 0.05) is 51.7 Å². The van der Waals surface area contributed by atoms with Gasteiger partial charge in [0.25, 0.3) is 0 Å². The standard InChI is InChI=1S/C30H34ClN5O4/c1-40-15-5-14-36-28(33-25-11-12-26(31)34-29(25)36)23-8-4-13-35(19-23)27(37)18-24(32-30(38)39)17-20-9-10-21-6-2-3-7-22(21)16-20/h2-3,6-7,9-12,16,23-24,32H,4-5,8,13-15,17-19H2,1H3,(H,38,39). The lowest BCUT2D eigenvalue weighted by atomic mass is 9.95. The molecule has 0 saturated carbocycles. The lowest BCUT2D eigenvalue weighted by Gasteiger charge is -2.33. The van der Waals surface area contributed by atoms with Gasteiger partial charge in [0.2, 0.25) is 5.91 Å². The number of ether oxygens (including phenoxy) is 1. The third-order valence-electron chi connectivity index (χ3n) is 7.50. The van der Waals surface area contributed by atoms with Crippen molar-refractivity contribution >= 4 is 45.5 Å². The highest BCUT2D eigenvalue weighted by molar-refractivity contribution is 6.29. The molecule has 0 spiro atoms. The van der Waals surface area contributed by atoms with Crippen LogP contribution in [0.4, 0.5) is 4.79 Å². The van der Waals surface area contributed by atoms with Crippen molar-refractivity contribution in [1.29, 1.82) is 0 Å². The number of carboxylic acid groups (broad SMARTS) is 1. The van der Waals surface area contributed by atoms with Crippen molar-refractivity contribution in [2.45, 2.75) is 50.6 Å². The van der Waals surface area contributed by atoms with Gasteiger partial charge in [0.05, 0.1) is 0 Å². The lowest BCUT2D eigenvalue weighted by molar-refractivity contribution is -0.132. The summed E-state index contributed by atoms with van der Waals surface area (Å²) in [5, 5.41) is 14.7. The van der Waals surface area contributed by atoms with Crippen LogP contribution in [0.15, 0.2) is 54.6 Å². The molecule has 0 bridgehead atoms. The van der Waals surface area contributed by atoms with Gasteiger partial charge in [-0.15, -0.1) is 0 Å². The lowest BCUT2D eigenvalue weighted by Crippen LogP contribution is -2.44. The summed E-state index contributed by atoms with van der Waals surface area (Å²) < 4.78 is 7.36. The maximum atomic E-state index is 13.5. The first-order valence-corrected chi connectivity index (χ1v) is 14.1. The van der Waals surface area contributed by atoms with Crippen LogP contribution in [-0.4, -0.2) is 69.4 Å². The molecule has 40 heavy (non-hydrogen) atoms. The van der Waals surface area contributed by atoms with Crippen LogP contribution in [0.1, 0.15) is 43.0 Å². The van der Waals surface area contributed by atoms with Crippen molar-refractivity contribution in [3.63, 3.8) is 0 Å². The van der Waals surface area contributed by atoms with Gasteiger partial charge in [-0.2, -0.15) is 0 Å². The van der Waals surface area contributed by atoms with Gasteiger partial charge >= 0.3 is 6.09 Å². The number of likely N-dealkylation sites (tertiary alicyclic amines) is 1. The van der Waals surface area contributed by atoms with Crippen LogP contribution in [0.3, 0.4) is 0 Å². The summed E-state index contributed by atoms with van der Waals surface area (Å²) in [5.74, 6) is 0.877. The Morgan fingerprint density at radius 2 is 1.98 bits per heavy atom. The number of methoxy groups -OCH3 is 1. The first-order chi connectivity index (χ1) is 19.4. The summed E-state index contributed by atoms with van der Waals surface area (Å²) >= 11 is 6.21. The zero-order valence-electron chi connectivity index (χ0n) is 22.6. The molecule has 2 atom stereocenters. The second-order valence-corrected chi connectivity index (χ2v) is 10.7. The molecule has 2 aromatic heterocycles. The molecule has 2 unspecified atom stereocenters. The maximum Gasteiger partial charge on any atom is 0.404 e. The molecule has 5 rings (SSSR count). The Morgan fingerprint density at radius 3 is 2.77 bits per heavy atom. The normalized spacial score (nSPS) is 16.4. The highest BCUT2D eigenvalue weighted by atomic mass is 35.5. The minimum absolute atomic E-state index is 0.0413. The van der Waals surface area contributed by atoms with Crippen LogP contribution in [0.25, 0.3) is 21.9 Å². The predicted octanol–water partition coefficient (Wildman–Crippen LogP) is 5.25. The van der Waals surface area contributed by atoms with Crippen LogP contribution < -0.4 is 5.32 Å². The summed E-state index contributed by atoms with van der Waals surface area (Å²) in [6.45, 7) is 2.47. The van der Waals surface area contributed by atoms with Crippen LogP contribution in [0.5, 0.6) is 0 Å². The van der Waals surface area contributed by atoms with Gasteiger partial charge in [-0.1, -0.05) is 54.1 Å². The number of aryl methyl sites for hydroxylation is 1. The molecular weight excluding hydrogens is 530 g/mol. The number of amides is 2. The molecule has 1 saturated heterocycles. The SMILES string of the molecule is COCCCn1c(C2CCCN(C(=O)CC(Cc3ccc4ccccc4c3)NC(=O)O)C2)nc2ccc(Cl)nc21. The van der Waals surface area contributed by atoms with Gasteiger partial charge < -0.3 is 24.6 Å². The summed E-state index contributed by atoms with van der Waals surface area (Å²) in [7, 11) is 1.68. The first kappa shape index (κ1) is 27.9. The van der Waals surface area contributed by atoms with Crippen molar-refractivity contribution in [3.05, 3.63) is 71.1 Å². The van der Waals surface area contributed by atoms with E-state index in [2.05, 4.69) is 20.9 Å². The number of carbonyl (C=O) groups is 2. The zero-order chi connectivity index (χ0) is 28.1. The number of imidazole rings is 1. The summed E-state index contributed by atoms with van der Waals surface area (Å²) in [6, 6.07) is 17.2. The monoisotopic (exact) mass is 563 g/mol. The van der Waals surface area contributed by atoms with Crippen molar-refractivity contribution < 1.29 is 19.4 Å². The number of nitrogens with zero attached hydrogens (tertiary/aromatic N) is 4. The number of carbonyl (C=O) groups excluding carboxylic acids is 1. The highest BCUT2D eigenvalue weighted by Crippen LogP contribution is 2.30. The number of pyridine rings is 1. The number of hydrogen-bond acceptors (Lipinski definition) is 5. The minimum Gasteiger partial charge on any atom is -0.465 e. The molecule has 3 heterocycles. The fraction of sp³-hybridized carbons (Fsp3) is 0.400. The van der Waals surface area contributed by atoms with E-state index in [-0.39, 0.29) is 18.2 Å². The van der Waals surface area contributed by atoms with Crippen molar-refractivity contribution in [2.75, 3.05) is 26.8 Å². The smallest absolute Gasteiger partial charge is 0.404 e. The van der Waals surface area contributed by atoms with E-state index in [9.17, 15) is 14.7 Å². The summed E-state index contributed by atoms with van der Waals surface area (Å²) in [5.41, 5.74) is 2.50. The average molecular weight is 564 g/mol. The average Bonchev–Trinajstić information content (AvgIpc) is 3.30. The molecule has 0 radical (unpaired) electrons. The topological polar surface area (TPSA) is 110 Å². The molecule has 1 fully saturated rings. The third-order valence-corrected chi connectivity index (χ3v) is 7.71. The minimum atomic E-state index is -1.13. The highest BCUT2D eigenvalue weighted by Gasteiger charge is 2.30. The molecule has 0 aliphatic carbocycles. The number of nitrogens with one attached hydrogen (secondary N) is 1. The maximum absolute atomic E-state index is 13.5. The molecule has 9 nitrogen and oxygen atoms in total. The van der Waals surface area contributed by atoms with E-state index in [1.54, 1.807) is 13.2 Å². The Labute approximate surface area is 238 Å². The fourth-order valence-electron chi connectivity index (χ4n) is 5.65.